The fraction of sp³-hybridized carbons (Fsp3) is 0.130. The van der Waals surface area contributed by atoms with Gasteiger partial charge in [-0.3, -0.25) is 9.78 Å². The molecule has 2 heterocycles. The molecular weight excluding hydrogens is 412 g/mol. The van der Waals surface area contributed by atoms with Crippen LogP contribution in [0.2, 0.25) is 0 Å². The van der Waals surface area contributed by atoms with E-state index in [0.717, 1.165) is 11.1 Å². The molecule has 0 fully saturated rings. The Balaban J connectivity index is 1.42. The first kappa shape index (κ1) is 20.5. The number of ether oxygens (including phenoxy) is 2. The first-order valence-electron chi connectivity index (χ1n) is 9.61. The Morgan fingerprint density at radius 3 is 2.65 bits per heavy atom. The van der Waals surface area contributed by atoms with Gasteiger partial charge in [-0.15, -0.1) is 0 Å². The van der Waals surface area contributed by atoms with Crippen LogP contribution in [0, 0.1) is 0 Å². The van der Waals surface area contributed by atoms with E-state index in [1.165, 1.54) is 18.6 Å². The van der Waals surface area contributed by atoms with Crippen LogP contribution < -0.4 is 14.8 Å². The van der Waals surface area contributed by atoms with E-state index in [9.17, 15) is 4.79 Å². The summed E-state index contributed by atoms with van der Waals surface area (Å²) in [4.78, 5) is 21.0. The Morgan fingerprint density at radius 1 is 1.03 bits per heavy atom. The fourth-order valence-corrected chi connectivity index (χ4v) is 3.47. The number of nitrogens with one attached hydrogen (secondary N) is 1. The molecule has 2 aromatic heterocycles. The molecule has 0 aliphatic carbocycles. The van der Waals surface area contributed by atoms with Crippen LogP contribution in [0.25, 0.3) is 0 Å². The van der Waals surface area contributed by atoms with Crippen LogP contribution in [0.1, 0.15) is 27.3 Å². The standard InChI is InChI=1S/C23H20N4O3S/c1-29-20-13-18(22(28)25-15-17-8-5-11-24-14-17)9-10-19(20)30-23-26-21(27-31-23)12-16-6-3-2-4-7-16/h2-11,13-14H,12,15H2,1H3,(H,25,28). The number of methoxy groups -OCH3 is 1. The van der Waals surface area contributed by atoms with Crippen molar-refractivity contribution in [1.82, 2.24) is 19.7 Å². The summed E-state index contributed by atoms with van der Waals surface area (Å²) in [6.45, 7) is 0.391. The molecule has 0 aliphatic rings. The number of amides is 1. The van der Waals surface area contributed by atoms with E-state index >= 15 is 0 Å². The van der Waals surface area contributed by atoms with Crippen LogP contribution in [-0.2, 0) is 13.0 Å². The van der Waals surface area contributed by atoms with Crippen molar-refractivity contribution < 1.29 is 14.3 Å². The largest absolute Gasteiger partial charge is 0.493 e. The summed E-state index contributed by atoms with van der Waals surface area (Å²) in [5.74, 6) is 1.38. The van der Waals surface area contributed by atoms with Gasteiger partial charge in [0.1, 0.15) is 0 Å². The maximum atomic E-state index is 12.5. The van der Waals surface area contributed by atoms with E-state index in [2.05, 4.69) is 19.7 Å². The van der Waals surface area contributed by atoms with Gasteiger partial charge in [0.25, 0.3) is 11.1 Å². The third-order valence-corrected chi connectivity index (χ3v) is 5.09. The van der Waals surface area contributed by atoms with Crippen molar-refractivity contribution in [2.75, 3.05) is 7.11 Å². The highest BCUT2D eigenvalue weighted by Gasteiger charge is 2.14. The van der Waals surface area contributed by atoms with Crippen molar-refractivity contribution in [3.63, 3.8) is 0 Å². The van der Waals surface area contributed by atoms with E-state index < -0.39 is 0 Å². The predicted octanol–water partition coefficient (Wildman–Crippen LogP) is 4.25. The molecule has 2 aromatic carbocycles. The Labute approximate surface area is 183 Å². The molecule has 1 N–H and O–H groups in total. The summed E-state index contributed by atoms with van der Waals surface area (Å²) >= 11 is 1.17. The lowest BCUT2D eigenvalue weighted by atomic mass is 10.1. The highest BCUT2D eigenvalue weighted by molar-refractivity contribution is 7.07. The molecule has 0 spiro atoms. The number of carbonyl (C=O) groups is 1. The van der Waals surface area contributed by atoms with E-state index in [1.807, 2.05) is 42.5 Å². The van der Waals surface area contributed by atoms with E-state index in [0.29, 0.717) is 41.0 Å². The molecule has 0 aliphatic heterocycles. The zero-order chi connectivity index (χ0) is 21.5. The van der Waals surface area contributed by atoms with Gasteiger partial charge in [0.15, 0.2) is 17.3 Å². The number of aromatic nitrogens is 3. The molecule has 0 atom stereocenters. The van der Waals surface area contributed by atoms with Crippen LogP contribution in [0.15, 0.2) is 73.1 Å². The van der Waals surface area contributed by atoms with Crippen molar-refractivity contribution >= 4 is 17.4 Å². The average molecular weight is 433 g/mol. The normalized spacial score (nSPS) is 10.5. The molecule has 0 unspecified atom stereocenters. The summed E-state index contributed by atoms with van der Waals surface area (Å²) in [5.41, 5.74) is 2.52. The Hall–Kier alpha value is -3.78. The molecule has 31 heavy (non-hydrogen) atoms. The third kappa shape index (κ3) is 5.43. The Morgan fingerprint density at radius 2 is 1.87 bits per heavy atom. The number of benzene rings is 2. The number of rotatable bonds is 8. The van der Waals surface area contributed by atoms with Crippen molar-refractivity contribution in [2.24, 2.45) is 0 Å². The number of nitrogens with zero attached hydrogens (tertiary/aromatic N) is 3. The van der Waals surface area contributed by atoms with Crippen LogP contribution in [-0.4, -0.2) is 27.4 Å². The van der Waals surface area contributed by atoms with Gasteiger partial charge >= 0.3 is 0 Å². The second kappa shape index (κ2) is 9.82. The SMILES string of the molecule is COc1cc(C(=O)NCc2cccnc2)ccc1Oc1nc(Cc2ccccc2)ns1. The Bertz CT molecular complexity index is 1150. The summed E-state index contributed by atoms with van der Waals surface area (Å²) in [6, 6.07) is 18.7. The maximum absolute atomic E-state index is 12.5. The van der Waals surface area contributed by atoms with Gasteiger partial charge in [0.2, 0.25) is 0 Å². The highest BCUT2D eigenvalue weighted by atomic mass is 32.1. The zero-order valence-corrected chi connectivity index (χ0v) is 17.6. The quantitative estimate of drug-likeness (QED) is 0.448. The number of hydrogen-bond donors (Lipinski definition) is 1. The van der Waals surface area contributed by atoms with Gasteiger partial charge in [-0.2, -0.15) is 9.36 Å². The fourth-order valence-electron chi connectivity index (χ4n) is 2.90. The van der Waals surface area contributed by atoms with Gasteiger partial charge in [-0.05, 0) is 35.4 Å². The monoisotopic (exact) mass is 432 g/mol. The van der Waals surface area contributed by atoms with Gasteiger partial charge in [-0.25, -0.2) is 0 Å². The van der Waals surface area contributed by atoms with Gasteiger partial charge in [0.05, 0.1) is 7.11 Å². The average Bonchev–Trinajstić information content (AvgIpc) is 3.25. The van der Waals surface area contributed by atoms with Gasteiger partial charge < -0.3 is 14.8 Å². The Kier molecular flexibility index (Phi) is 6.49. The minimum absolute atomic E-state index is 0.213. The van der Waals surface area contributed by atoms with Crippen LogP contribution in [0.4, 0.5) is 0 Å². The van der Waals surface area contributed by atoms with Crippen molar-refractivity contribution in [1.29, 1.82) is 0 Å². The molecule has 4 rings (SSSR count). The number of pyridine rings is 1. The molecule has 8 heteroatoms. The minimum atomic E-state index is -0.213. The van der Waals surface area contributed by atoms with Crippen LogP contribution >= 0.6 is 11.5 Å². The van der Waals surface area contributed by atoms with Crippen LogP contribution in [0.5, 0.6) is 16.7 Å². The lowest BCUT2D eigenvalue weighted by molar-refractivity contribution is 0.0950. The van der Waals surface area contributed by atoms with E-state index in [4.69, 9.17) is 9.47 Å². The molecule has 0 saturated heterocycles. The topological polar surface area (TPSA) is 86.2 Å². The lowest BCUT2D eigenvalue weighted by Gasteiger charge is -2.10. The summed E-state index contributed by atoms with van der Waals surface area (Å²) in [5, 5.41) is 3.28. The van der Waals surface area contributed by atoms with E-state index in [1.54, 1.807) is 30.6 Å². The molecule has 156 valence electrons. The van der Waals surface area contributed by atoms with Gasteiger partial charge in [0, 0.05) is 42.5 Å². The second-order valence-electron chi connectivity index (χ2n) is 6.65. The van der Waals surface area contributed by atoms with Crippen molar-refractivity contribution in [3.8, 4) is 16.7 Å². The number of carbonyl (C=O) groups excluding carboxylic acids is 1. The molecular formula is C23H20N4O3S. The molecule has 7 nitrogen and oxygen atoms in total. The first-order chi connectivity index (χ1) is 15.2. The van der Waals surface area contributed by atoms with Gasteiger partial charge in [-0.1, -0.05) is 36.4 Å². The molecule has 0 bridgehead atoms. The zero-order valence-electron chi connectivity index (χ0n) is 16.8. The summed E-state index contributed by atoms with van der Waals surface area (Å²) < 4.78 is 15.6. The lowest BCUT2D eigenvalue weighted by Crippen LogP contribution is -2.22. The van der Waals surface area contributed by atoms with Crippen molar-refractivity contribution in [3.05, 3.63) is 95.6 Å². The molecule has 1 amide bonds. The molecule has 4 aromatic rings. The maximum Gasteiger partial charge on any atom is 0.298 e. The first-order valence-corrected chi connectivity index (χ1v) is 10.4. The highest BCUT2D eigenvalue weighted by Crippen LogP contribution is 2.33. The summed E-state index contributed by atoms with van der Waals surface area (Å²) in [6.07, 6.45) is 4.04. The van der Waals surface area contributed by atoms with E-state index in [-0.39, 0.29) is 5.91 Å². The molecule has 0 saturated carbocycles. The third-order valence-electron chi connectivity index (χ3n) is 4.45. The smallest absolute Gasteiger partial charge is 0.298 e. The van der Waals surface area contributed by atoms with Crippen molar-refractivity contribution in [2.45, 2.75) is 13.0 Å². The molecule has 0 radical (unpaired) electrons. The summed E-state index contributed by atoms with van der Waals surface area (Å²) in [7, 11) is 1.53. The van der Waals surface area contributed by atoms with Crippen LogP contribution in [0.3, 0.4) is 0 Å². The second-order valence-corrected chi connectivity index (χ2v) is 7.36. The number of hydrogen-bond acceptors (Lipinski definition) is 7. The predicted molar refractivity (Wildman–Crippen MR) is 118 cm³/mol. The minimum Gasteiger partial charge on any atom is -0.493 e.